The van der Waals surface area contributed by atoms with E-state index in [1.54, 1.807) is 44.6 Å². The highest BCUT2D eigenvalue weighted by molar-refractivity contribution is 7.91. The third kappa shape index (κ3) is 6.69. The monoisotopic (exact) mass is 664 g/mol. The smallest absolute Gasteiger partial charge is 0.259 e. The van der Waals surface area contributed by atoms with Crippen molar-refractivity contribution in [1.82, 2.24) is 24.9 Å². The van der Waals surface area contributed by atoms with Gasteiger partial charge in [-0.2, -0.15) is 0 Å². The van der Waals surface area contributed by atoms with Crippen LogP contribution in [0.4, 0.5) is 5.82 Å². The van der Waals surface area contributed by atoms with Crippen molar-refractivity contribution in [3.63, 3.8) is 0 Å². The number of fused-ring (bicyclic) bond motifs is 1. The van der Waals surface area contributed by atoms with Crippen molar-refractivity contribution in [1.29, 1.82) is 0 Å². The van der Waals surface area contributed by atoms with Gasteiger partial charge < -0.3 is 25.0 Å². The van der Waals surface area contributed by atoms with E-state index in [1.807, 2.05) is 38.1 Å². The van der Waals surface area contributed by atoms with Crippen LogP contribution in [0.3, 0.4) is 0 Å². The maximum atomic E-state index is 14.2. The molecular weight excluding hydrogens is 624 g/mol. The Bertz CT molecular complexity index is 1780. The van der Waals surface area contributed by atoms with Gasteiger partial charge in [0.15, 0.2) is 0 Å². The van der Waals surface area contributed by atoms with E-state index in [-0.39, 0.29) is 37.1 Å². The Hall–Kier alpha value is -4.46. The number of sulfonamides is 1. The highest BCUT2D eigenvalue weighted by atomic mass is 32.2. The fourth-order valence-corrected chi connectivity index (χ4v) is 7.50. The van der Waals surface area contributed by atoms with Gasteiger partial charge in [-0.05, 0) is 72.9 Å². The number of pyridine rings is 2. The largest absolute Gasteiger partial charge is 0.497 e. The van der Waals surface area contributed by atoms with Crippen molar-refractivity contribution >= 4 is 44.3 Å². The second kappa shape index (κ2) is 12.6. The summed E-state index contributed by atoms with van der Waals surface area (Å²) in [5.41, 5.74) is -1.38. The number of amides is 3. The van der Waals surface area contributed by atoms with E-state index in [1.165, 1.54) is 4.90 Å². The molecule has 3 aromatic rings. The molecule has 5 atom stereocenters. The highest BCUT2D eigenvalue weighted by Gasteiger charge is 2.61. The van der Waals surface area contributed by atoms with Crippen LogP contribution < -0.4 is 24.8 Å². The third-order valence-corrected chi connectivity index (χ3v) is 11.0. The van der Waals surface area contributed by atoms with Gasteiger partial charge in [-0.25, -0.2) is 18.4 Å². The second-order valence-corrected chi connectivity index (χ2v) is 15.0. The molecule has 3 N–H and O–H groups in total. The predicted molar refractivity (Wildman–Crippen MR) is 174 cm³/mol. The molecule has 14 heteroatoms. The van der Waals surface area contributed by atoms with Gasteiger partial charge in [0.05, 0.1) is 18.9 Å². The van der Waals surface area contributed by atoms with Gasteiger partial charge in [-0.3, -0.25) is 19.1 Å². The van der Waals surface area contributed by atoms with Crippen molar-refractivity contribution in [3.05, 3.63) is 54.9 Å². The first-order valence-electron chi connectivity index (χ1n) is 15.9. The van der Waals surface area contributed by atoms with Gasteiger partial charge in [0.25, 0.3) is 5.91 Å². The van der Waals surface area contributed by atoms with Crippen molar-refractivity contribution < 1.29 is 32.3 Å². The first-order chi connectivity index (χ1) is 22.4. The van der Waals surface area contributed by atoms with E-state index in [4.69, 9.17) is 9.47 Å². The van der Waals surface area contributed by atoms with Gasteiger partial charge in [0.1, 0.15) is 35.3 Å². The summed E-state index contributed by atoms with van der Waals surface area (Å²) in [5, 5.41) is 7.07. The van der Waals surface area contributed by atoms with Gasteiger partial charge in [-0.1, -0.05) is 26.8 Å². The molecule has 1 unspecified atom stereocenters. The number of aromatic nitrogens is 2. The van der Waals surface area contributed by atoms with Crippen LogP contribution in [-0.2, 0) is 24.4 Å². The maximum Gasteiger partial charge on any atom is 0.259 e. The van der Waals surface area contributed by atoms with E-state index >= 15 is 0 Å². The molecule has 0 bridgehead atoms. The van der Waals surface area contributed by atoms with E-state index in [2.05, 4.69) is 25.3 Å². The summed E-state index contributed by atoms with van der Waals surface area (Å²) in [6, 6.07) is 11.0. The number of carbonyl (C=O) groups is 3. The molecule has 3 aliphatic rings. The summed E-state index contributed by atoms with van der Waals surface area (Å²) in [7, 11) is -2.22. The number of likely N-dealkylation sites (tertiary alicyclic amines) is 1. The average Bonchev–Trinajstić information content (AvgIpc) is 3.97. The lowest BCUT2D eigenvalue weighted by Crippen LogP contribution is -2.58. The normalized spacial score (nSPS) is 24.4. The van der Waals surface area contributed by atoms with Crippen molar-refractivity contribution in [2.75, 3.05) is 19.0 Å². The summed E-state index contributed by atoms with van der Waals surface area (Å²) in [6.45, 7) is 5.66. The SMILES string of the molecule is COc1ccc2c(O[C@@H]3C[C@@H](C(=O)N[C@]4(C(=O)NS(=O)(=O)C5CC5)C[C@H]4C)N(C(=O)C(Nc4ccccn4)C(C)C)C3)nccc2c1. The Balaban J connectivity index is 1.26. The molecule has 2 aromatic heterocycles. The molecule has 1 saturated heterocycles. The number of carbonyl (C=O) groups excluding carboxylic acids is 3. The molecule has 1 aromatic carbocycles. The Morgan fingerprint density at radius 3 is 2.47 bits per heavy atom. The van der Waals surface area contributed by atoms with Gasteiger partial charge in [0.2, 0.25) is 27.7 Å². The number of nitrogens with one attached hydrogen (secondary N) is 3. The van der Waals surface area contributed by atoms with Crippen LogP contribution in [0.1, 0.15) is 46.5 Å². The molecule has 3 fully saturated rings. The van der Waals surface area contributed by atoms with E-state index in [9.17, 15) is 22.8 Å². The van der Waals surface area contributed by atoms with Crippen LogP contribution in [0.15, 0.2) is 54.9 Å². The van der Waals surface area contributed by atoms with E-state index in [0.717, 1.165) is 10.8 Å². The zero-order valence-corrected chi connectivity index (χ0v) is 27.6. The van der Waals surface area contributed by atoms with Crippen molar-refractivity contribution in [2.24, 2.45) is 11.8 Å². The molecule has 3 amide bonds. The summed E-state index contributed by atoms with van der Waals surface area (Å²) < 4.78 is 39.0. The number of methoxy groups -OCH3 is 1. The Labute approximate surface area is 273 Å². The zero-order chi connectivity index (χ0) is 33.5. The van der Waals surface area contributed by atoms with Crippen molar-refractivity contribution in [3.8, 4) is 11.6 Å². The lowest BCUT2D eigenvalue weighted by molar-refractivity contribution is -0.140. The van der Waals surface area contributed by atoms with Crippen LogP contribution in [-0.4, -0.2) is 83.6 Å². The minimum atomic E-state index is -3.81. The summed E-state index contributed by atoms with van der Waals surface area (Å²) in [5.74, 6) is -0.534. The molecule has 0 spiro atoms. The number of anilines is 1. The number of hydrogen-bond acceptors (Lipinski definition) is 10. The van der Waals surface area contributed by atoms with Crippen LogP contribution in [0.2, 0.25) is 0 Å². The lowest BCUT2D eigenvalue weighted by Gasteiger charge is -2.31. The second-order valence-electron chi connectivity index (χ2n) is 13.0. The molecule has 250 valence electrons. The highest BCUT2D eigenvalue weighted by Crippen LogP contribution is 2.44. The molecular formula is C33H40N6O7S. The van der Waals surface area contributed by atoms with Crippen LogP contribution >= 0.6 is 0 Å². The number of hydrogen-bond donors (Lipinski definition) is 3. The fourth-order valence-electron chi connectivity index (χ4n) is 6.14. The standard InChI is InChI=1S/C33H40N6O7S/c1-19(2)28(36-27-7-5-6-13-34-27)31(41)39-18-23(46-30-25-11-8-22(45-4)15-21(25)12-14-35-30)16-26(39)29(40)37-33(17-20(33)3)32(42)38-47(43,44)24-9-10-24/h5-8,11-15,19-20,23-24,26,28H,9-10,16-18H2,1-4H3,(H,34,36)(H,37,40)(H,38,42)/t20-,23-,26+,28?,33-/m1/s1. The Morgan fingerprint density at radius 1 is 1.06 bits per heavy atom. The first-order valence-corrected chi connectivity index (χ1v) is 17.4. The summed E-state index contributed by atoms with van der Waals surface area (Å²) in [4.78, 5) is 51.8. The number of nitrogens with zero attached hydrogens (tertiary/aromatic N) is 3. The molecule has 2 aliphatic carbocycles. The number of benzene rings is 1. The predicted octanol–water partition coefficient (Wildman–Crippen LogP) is 2.63. The summed E-state index contributed by atoms with van der Waals surface area (Å²) >= 11 is 0. The zero-order valence-electron chi connectivity index (χ0n) is 26.8. The van der Waals surface area contributed by atoms with Crippen LogP contribution in [0.25, 0.3) is 10.8 Å². The minimum Gasteiger partial charge on any atom is -0.497 e. The minimum absolute atomic E-state index is 0.0864. The van der Waals surface area contributed by atoms with E-state index < -0.39 is 50.8 Å². The topological polar surface area (TPSA) is 169 Å². The molecule has 13 nitrogen and oxygen atoms in total. The molecule has 1 aliphatic heterocycles. The summed E-state index contributed by atoms with van der Waals surface area (Å²) in [6.07, 6.45) is 4.06. The number of rotatable bonds is 12. The maximum absolute atomic E-state index is 14.2. The number of ether oxygens (including phenoxy) is 2. The van der Waals surface area contributed by atoms with Gasteiger partial charge in [0, 0.05) is 24.2 Å². The lowest BCUT2D eigenvalue weighted by atomic mass is 10.0. The molecule has 3 heterocycles. The fraction of sp³-hybridized carbons (Fsp3) is 0.485. The Kier molecular flexibility index (Phi) is 8.72. The third-order valence-electron chi connectivity index (χ3n) is 9.22. The van der Waals surface area contributed by atoms with E-state index in [0.29, 0.717) is 30.3 Å². The van der Waals surface area contributed by atoms with Crippen molar-refractivity contribution in [2.45, 2.75) is 75.4 Å². The first kappa shape index (κ1) is 32.5. The van der Waals surface area contributed by atoms with Crippen LogP contribution in [0.5, 0.6) is 11.6 Å². The van der Waals surface area contributed by atoms with Gasteiger partial charge >= 0.3 is 0 Å². The quantitative estimate of drug-likeness (QED) is 0.262. The molecule has 6 rings (SSSR count). The average molecular weight is 665 g/mol. The molecule has 0 radical (unpaired) electrons. The van der Waals surface area contributed by atoms with Crippen LogP contribution in [0, 0.1) is 11.8 Å². The molecule has 47 heavy (non-hydrogen) atoms. The molecule has 2 saturated carbocycles. The Morgan fingerprint density at radius 2 is 1.83 bits per heavy atom. The van der Waals surface area contributed by atoms with Gasteiger partial charge in [-0.15, -0.1) is 0 Å².